The number of ether oxygens (including phenoxy) is 1. The second-order valence-electron chi connectivity index (χ2n) is 5.36. The summed E-state index contributed by atoms with van der Waals surface area (Å²) in [5, 5.41) is 22.7. The van der Waals surface area contributed by atoms with Crippen molar-refractivity contribution in [3.8, 4) is 5.75 Å². The van der Waals surface area contributed by atoms with E-state index in [0.717, 1.165) is 0 Å². The molecule has 0 amide bonds. The second kappa shape index (κ2) is 6.97. The van der Waals surface area contributed by atoms with Crippen molar-refractivity contribution in [2.75, 3.05) is 6.54 Å². The van der Waals surface area contributed by atoms with E-state index in [1.807, 2.05) is 6.92 Å². The first kappa shape index (κ1) is 17.9. The number of likely N-dealkylation sites (N-methyl/N-ethyl adjacent to an activating group) is 1. The molecule has 0 spiro atoms. The van der Waals surface area contributed by atoms with Gasteiger partial charge >= 0.3 is 11.9 Å². The normalized spacial score (nSPS) is 23.0. The number of carboxylic acid groups (broad SMARTS) is 2. The Labute approximate surface area is 144 Å². The second-order valence-corrected chi connectivity index (χ2v) is 5.79. The number of rotatable bonds is 6. The van der Waals surface area contributed by atoms with Crippen molar-refractivity contribution < 1.29 is 24.5 Å². The van der Waals surface area contributed by atoms with Crippen molar-refractivity contribution >= 4 is 23.5 Å². The lowest BCUT2D eigenvalue weighted by molar-refractivity contribution is -0.156. The highest BCUT2D eigenvalue weighted by Gasteiger charge is 2.54. The summed E-state index contributed by atoms with van der Waals surface area (Å²) in [4.78, 5) is 23.6. The summed E-state index contributed by atoms with van der Waals surface area (Å²) < 4.78 is 5.82. The number of halogens is 1. The maximum Gasteiger partial charge on any atom is 0.355 e. The Morgan fingerprint density at radius 1 is 1.25 bits per heavy atom. The molecule has 2 unspecified atom stereocenters. The first-order valence-electron chi connectivity index (χ1n) is 7.40. The molecule has 0 bridgehead atoms. The van der Waals surface area contributed by atoms with E-state index in [9.17, 15) is 19.8 Å². The Morgan fingerprint density at radius 2 is 1.88 bits per heavy atom. The Hall–Kier alpha value is -2.47. The molecule has 2 rings (SSSR count). The van der Waals surface area contributed by atoms with Crippen LogP contribution in [-0.2, 0) is 9.59 Å². The van der Waals surface area contributed by atoms with Gasteiger partial charge in [0.2, 0.25) is 0 Å². The standard InChI is InChI=1S/C17H18ClNO5/c1-3-19-14-9-8-13(15(20)21)10(2)17(14,16(22)23)24-12-6-4-11(18)5-7-12/h4-10,19H,3H2,1-2H3,(H,20,21)(H,22,23). The van der Waals surface area contributed by atoms with Crippen LogP contribution in [0.4, 0.5) is 0 Å². The van der Waals surface area contributed by atoms with Crippen molar-refractivity contribution in [2.45, 2.75) is 19.4 Å². The van der Waals surface area contributed by atoms with Crippen LogP contribution in [-0.4, -0.2) is 34.3 Å². The molecular formula is C17H18ClNO5. The minimum absolute atomic E-state index is 0.0342. The molecule has 0 fully saturated rings. The molecule has 2 atom stereocenters. The molecule has 6 nitrogen and oxygen atoms in total. The van der Waals surface area contributed by atoms with E-state index in [-0.39, 0.29) is 11.3 Å². The minimum Gasteiger partial charge on any atom is -0.478 e. The quantitative estimate of drug-likeness (QED) is 0.729. The summed E-state index contributed by atoms with van der Waals surface area (Å²) in [6, 6.07) is 6.24. The molecule has 3 N–H and O–H groups in total. The highest BCUT2D eigenvalue weighted by molar-refractivity contribution is 6.30. The first-order chi connectivity index (χ1) is 11.3. The van der Waals surface area contributed by atoms with Gasteiger partial charge in [-0.2, -0.15) is 0 Å². The molecule has 24 heavy (non-hydrogen) atoms. The molecule has 1 aliphatic carbocycles. The van der Waals surface area contributed by atoms with Gasteiger partial charge in [0, 0.05) is 23.1 Å². The van der Waals surface area contributed by atoms with E-state index in [2.05, 4.69) is 5.32 Å². The topological polar surface area (TPSA) is 95.9 Å². The zero-order chi connectivity index (χ0) is 17.9. The lowest BCUT2D eigenvalue weighted by Crippen LogP contribution is -2.57. The largest absolute Gasteiger partial charge is 0.478 e. The Bertz CT molecular complexity index is 710. The highest BCUT2D eigenvalue weighted by Crippen LogP contribution is 2.39. The number of nitrogens with one attached hydrogen (secondary N) is 1. The summed E-state index contributed by atoms with van der Waals surface area (Å²) in [6.07, 6.45) is 2.84. The van der Waals surface area contributed by atoms with E-state index < -0.39 is 23.5 Å². The molecule has 1 aromatic rings. The number of hydrogen-bond acceptors (Lipinski definition) is 4. The maximum absolute atomic E-state index is 12.2. The summed E-state index contributed by atoms with van der Waals surface area (Å²) in [7, 11) is 0. The van der Waals surface area contributed by atoms with E-state index in [4.69, 9.17) is 16.3 Å². The van der Waals surface area contributed by atoms with Gasteiger partial charge in [-0.15, -0.1) is 0 Å². The predicted molar refractivity (Wildman–Crippen MR) is 89.1 cm³/mol. The Balaban J connectivity index is 2.56. The number of allylic oxidation sites excluding steroid dienone is 2. The number of hydrogen-bond donors (Lipinski definition) is 3. The van der Waals surface area contributed by atoms with Crippen LogP contribution in [0.1, 0.15) is 13.8 Å². The van der Waals surface area contributed by atoms with Crippen LogP contribution < -0.4 is 10.1 Å². The van der Waals surface area contributed by atoms with Gasteiger partial charge in [0.15, 0.2) is 0 Å². The van der Waals surface area contributed by atoms with Crippen LogP contribution in [0.15, 0.2) is 47.7 Å². The van der Waals surface area contributed by atoms with E-state index in [1.54, 1.807) is 24.3 Å². The van der Waals surface area contributed by atoms with Crippen molar-refractivity contribution in [3.63, 3.8) is 0 Å². The Kier molecular flexibility index (Phi) is 5.19. The lowest BCUT2D eigenvalue weighted by atomic mass is 9.76. The SMILES string of the molecule is CCNC1=CC=C(C(=O)O)C(C)C1(Oc1ccc(Cl)cc1)C(=O)O. The van der Waals surface area contributed by atoms with Crippen LogP contribution in [0.5, 0.6) is 5.75 Å². The number of carbonyl (C=O) groups is 2. The van der Waals surface area contributed by atoms with Crippen molar-refractivity contribution in [1.82, 2.24) is 5.32 Å². The summed E-state index contributed by atoms with van der Waals surface area (Å²) >= 11 is 5.84. The molecule has 1 aliphatic rings. The lowest BCUT2D eigenvalue weighted by Gasteiger charge is -2.39. The van der Waals surface area contributed by atoms with Crippen LogP contribution in [0.25, 0.3) is 0 Å². The van der Waals surface area contributed by atoms with Crippen LogP contribution >= 0.6 is 11.6 Å². The zero-order valence-corrected chi connectivity index (χ0v) is 14.0. The van der Waals surface area contributed by atoms with Gasteiger partial charge in [0.25, 0.3) is 5.60 Å². The molecule has 128 valence electrons. The zero-order valence-electron chi connectivity index (χ0n) is 13.2. The molecule has 1 aromatic carbocycles. The van der Waals surface area contributed by atoms with E-state index in [0.29, 0.717) is 17.3 Å². The third kappa shape index (κ3) is 3.10. The predicted octanol–water partition coefficient (Wildman–Crippen LogP) is 2.70. The van der Waals surface area contributed by atoms with Crippen molar-refractivity contribution in [2.24, 2.45) is 5.92 Å². The Morgan fingerprint density at radius 3 is 2.38 bits per heavy atom. The van der Waals surface area contributed by atoms with Crippen LogP contribution in [0, 0.1) is 5.92 Å². The van der Waals surface area contributed by atoms with Crippen LogP contribution in [0.2, 0.25) is 5.02 Å². The number of carboxylic acids is 2. The molecule has 0 heterocycles. The van der Waals surface area contributed by atoms with Gasteiger partial charge in [0.1, 0.15) is 5.75 Å². The third-order valence-electron chi connectivity index (χ3n) is 3.93. The van der Waals surface area contributed by atoms with Crippen molar-refractivity contribution in [3.05, 3.63) is 52.7 Å². The summed E-state index contributed by atoms with van der Waals surface area (Å²) in [5.74, 6) is -3.09. The van der Waals surface area contributed by atoms with Gasteiger partial charge < -0.3 is 20.3 Å². The van der Waals surface area contributed by atoms with Crippen LogP contribution in [0.3, 0.4) is 0 Å². The van der Waals surface area contributed by atoms with Gasteiger partial charge in [0.05, 0.1) is 5.70 Å². The smallest absolute Gasteiger partial charge is 0.355 e. The fraction of sp³-hybridized carbons (Fsp3) is 0.294. The molecule has 0 radical (unpaired) electrons. The molecule has 7 heteroatoms. The fourth-order valence-corrected chi connectivity index (χ4v) is 2.83. The van der Waals surface area contributed by atoms with Gasteiger partial charge in [-0.25, -0.2) is 9.59 Å². The van der Waals surface area contributed by atoms with Gasteiger partial charge in [-0.3, -0.25) is 0 Å². The van der Waals surface area contributed by atoms with Gasteiger partial charge in [-0.05, 0) is 43.3 Å². The monoisotopic (exact) mass is 351 g/mol. The van der Waals surface area contributed by atoms with E-state index >= 15 is 0 Å². The maximum atomic E-state index is 12.2. The number of benzene rings is 1. The molecule has 0 aliphatic heterocycles. The van der Waals surface area contributed by atoms with E-state index in [1.165, 1.54) is 19.1 Å². The molecule has 0 saturated carbocycles. The minimum atomic E-state index is -1.87. The average Bonchev–Trinajstić information content (AvgIpc) is 2.52. The van der Waals surface area contributed by atoms with Gasteiger partial charge in [-0.1, -0.05) is 18.5 Å². The fourth-order valence-electron chi connectivity index (χ4n) is 2.71. The summed E-state index contributed by atoms with van der Waals surface area (Å²) in [5.41, 5.74) is -1.61. The molecule has 0 saturated heterocycles. The average molecular weight is 352 g/mol. The number of aliphatic carboxylic acids is 2. The molecular weight excluding hydrogens is 334 g/mol. The third-order valence-corrected chi connectivity index (χ3v) is 4.18. The highest BCUT2D eigenvalue weighted by atomic mass is 35.5. The van der Waals surface area contributed by atoms with Crippen molar-refractivity contribution in [1.29, 1.82) is 0 Å². The first-order valence-corrected chi connectivity index (χ1v) is 7.78. The molecule has 0 aromatic heterocycles. The summed E-state index contributed by atoms with van der Waals surface area (Å²) in [6.45, 7) is 3.80.